The third-order valence-electron chi connectivity index (χ3n) is 8.86. The Balaban J connectivity index is 3.38. The summed E-state index contributed by atoms with van der Waals surface area (Å²) in [4.78, 5) is 2.49. The third kappa shape index (κ3) is 32.0. The van der Waals surface area contributed by atoms with E-state index < -0.39 is 0 Å². The van der Waals surface area contributed by atoms with E-state index in [9.17, 15) is 0 Å². The van der Waals surface area contributed by atoms with Gasteiger partial charge in [0.25, 0.3) is 0 Å². The molecule has 1 heteroatoms. The fraction of sp³-hybridized carbons (Fsp3) is 0.897. The van der Waals surface area contributed by atoms with Crippen molar-refractivity contribution in [3.8, 4) is 0 Å². The molecule has 0 aromatic carbocycles. The minimum absolute atomic E-state index is 0.810. The maximum Gasteiger partial charge on any atom is 0.00891 e. The topological polar surface area (TPSA) is 3.24 Å². The highest BCUT2D eigenvalue weighted by molar-refractivity contribution is 4.92. The van der Waals surface area contributed by atoms with Crippen molar-refractivity contribution in [3.63, 3.8) is 0 Å². The molecular formula is C39H77N. The first kappa shape index (κ1) is 39.4. The monoisotopic (exact) mass is 560 g/mol. The Bertz CT molecular complexity index is 505. The lowest BCUT2D eigenvalue weighted by molar-refractivity contribution is 0.251. The van der Waals surface area contributed by atoms with Crippen LogP contribution < -0.4 is 0 Å². The molecule has 0 aromatic heterocycles. The van der Waals surface area contributed by atoms with Gasteiger partial charge < -0.3 is 4.90 Å². The van der Waals surface area contributed by atoms with Crippen LogP contribution in [0.25, 0.3) is 0 Å². The Hall–Kier alpha value is -0.560. The number of hydrogen-bond acceptors (Lipinski definition) is 1. The molecule has 0 bridgehead atoms. The Morgan fingerprint density at radius 3 is 1.00 bits per heavy atom. The standard InChI is InChI=1S/C39H77N/c1-5-7-9-11-13-14-15-16-17-18-19-20-21-22-23-24-25-26-27-28-29-30-32-34-36-38-39(40(3)4)37-35-33-31-12-10-8-6-2/h19-20,22-23,39H,5-18,21,24-38H2,1-4H3/b20-19-,23-22-. The molecule has 1 nitrogen and oxygen atoms in total. The van der Waals surface area contributed by atoms with Crippen LogP contribution in [0.4, 0.5) is 0 Å². The Morgan fingerprint density at radius 1 is 0.375 bits per heavy atom. The van der Waals surface area contributed by atoms with Crippen LogP contribution in [-0.2, 0) is 0 Å². The Morgan fingerprint density at radius 2 is 0.675 bits per heavy atom. The summed E-state index contributed by atoms with van der Waals surface area (Å²) >= 11 is 0. The fourth-order valence-electron chi connectivity index (χ4n) is 5.96. The van der Waals surface area contributed by atoms with E-state index in [1.54, 1.807) is 0 Å². The normalized spacial score (nSPS) is 12.9. The van der Waals surface area contributed by atoms with Gasteiger partial charge in [-0.1, -0.05) is 186 Å². The summed E-state index contributed by atoms with van der Waals surface area (Å²) in [5, 5.41) is 0. The molecule has 0 aliphatic carbocycles. The molecule has 1 unspecified atom stereocenters. The second kappa shape index (κ2) is 34.6. The Kier molecular flexibility index (Phi) is 34.2. The first-order valence-corrected chi connectivity index (χ1v) is 18.7. The number of allylic oxidation sites excluding steroid dienone is 4. The van der Waals surface area contributed by atoms with Crippen molar-refractivity contribution < 1.29 is 0 Å². The van der Waals surface area contributed by atoms with Crippen molar-refractivity contribution in [2.24, 2.45) is 0 Å². The molecule has 0 aliphatic heterocycles. The zero-order valence-corrected chi connectivity index (χ0v) is 28.5. The first-order chi connectivity index (χ1) is 19.7. The molecule has 0 N–H and O–H groups in total. The molecule has 0 fully saturated rings. The molecule has 1 atom stereocenters. The molecule has 238 valence electrons. The molecule has 0 amide bonds. The van der Waals surface area contributed by atoms with Crippen LogP contribution in [0, 0.1) is 0 Å². The molecule has 0 aromatic rings. The molecule has 0 saturated carbocycles. The lowest BCUT2D eigenvalue weighted by Crippen LogP contribution is -2.27. The lowest BCUT2D eigenvalue weighted by Gasteiger charge is -2.24. The van der Waals surface area contributed by atoms with Crippen LogP contribution in [0.3, 0.4) is 0 Å². The predicted molar refractivity (Wildman–Crippen MR) is 186 cm³/mol. The molecule has 0 rings (SSSR count). The molecule has 40 heavy (non-hydrogen) atoms. The van der Waals surface area contributed by atoms with Gasteiger partial charge in [0.15, 0.2) is 0 Å². The van der Waals surface area contributed by atoms with Crippen LogP contribution in [0.15, 0.2) is 24.3 Å². The van der Waals surface area contributed by atoms with E-state index >= 15 is 0 Å². The quantitative estimate of drug-likeness (QED) is 0.0571. The third-order valence-corrected chi connectivity index (χ3v) is 8.86. The average molecular weight is 560 g/mol. The number of nitrogens with zero attached hydrogens (tertiary/aromatic N) is 1. The van der Waals surface area contributed by atoms with Crippen molar-refractivity contribution >= 4 is 0 Å². The highest BCUT2D eigenvalue weighted by Crippen LogP contribution is 2.18. The van der Waals surface area contributed by atoms with Crippen LogP contribution in [0.1, 0.15) is 206 Å². The molecule has 0 heterocycles. The Labute approximate surface area is 255 Å². The smallest absolute Gasteiger partial charge is 0.00891 e. The molecule has 0 aliphatic rings. The maximum absolute atomic E-state index is 2.49. The van der Waals surface area contributed by atoms with Gasteiger partial charge in [-0.05, 0) is 59.0 Å². The molecule has 0 radical (unpaired) electrons. The summed E-state index contributed by atoms with van der Waals surface area (Å²) in [7, 11) is 4.58. The van der Waals surface area contributed by atoms with E-state index in [-0.39, 0.29) is 0 Å². The number of unbranched alkanes of at least 4 members (excludes halogenated alkanes) is 24. The molecule has 0 spiro atoms. The summed E-state index contributed by atoms with van der Waals surface area (Å²) in [5.41, 5.74) is 0. The van der Waals surface area contributed by atoms with Crippen LogP contribution in [0.2, 0.25) is 0 Å². The largest absolute Gasteiger partial charge is 0.306 e. The van der Waals surface area contributed by atoms with Gasteiger partial charge in [0.2, 0.25) is 0 Å². The van der Waals surface area contributed by atoms with Gasteiger partial charge in [0.05, 0.1) is 0 Å². The van der Waals surface area contributed by atoms with Gasteiger partial charge in [-0.3, -0.25) is 0 Å². The van der Waals surface area contributed by atoms with Gasteiger partial charge in [-0.2, -0.15) is 0 Å². The fourth-order valence-corrected chi connectivity index (χ4v) is 5.96. The number of rotatable bonds is 33. The minimum Gasteiger partial charge on any atom is -0.306 e. The summed E-state index contributed by atoms with van der Waals surface area (Å²) in [6.07, 6.45) is 51.8. The SMILES string of the molecule is CCCCCCCCCCC/C=C\C/C=C\CCCCCCCCCCCC(CCCCCCCCC)N(C)C. The minimum atomic E-state index is 0.810. The van der Waals surface area contributed by atoms with E-state index in [4.69, 9.17) is 0 Å². The van der Waals surface area contributed by atoms with Gasteiger partial charge >= 0.3 is 0 Å². The van der Waals surface area contributed by atoms with Gasteiger partial charge in [-0.25, -0.2) is 0 Å². The number of hydrogen-bond donors (Lipinski definition) is 0. The lowest BCUT2D eigenvalue weighted by atomic mass is 9.99. The van der Waals surface area contributed by atoms with Crippen molar-refractivity contribution in [2.75, 3.05) is 14.1 Å². The maximum atomic E-state index is 2.49. The average Bonchev–Trinajstić information content (AvgIpc) is 2.95. The summed E-state index contributed by atoms with van der Waals surface area (Å²) < 4.78 is 0. The summed E-state index contributed by atoms with van der Waals surface area (Å²) in [6, 6.07) is 0.810. The summed E-state index contributed by atoms with van der Waals surface area (Å²) in [6.45, 7) is 4.61. The van der Waals surface area contributed by atoms with Crippen LogP contribution in [-0.4, -0.2) is 25.0 Å². The van der Waals surface area contributed by atoms with Crippen LogP contribution >= 0.6 is 0 Å². The van der Waals surface area contributed by atoms with Gasteiger partial charge in [0, 0.05) is 6.04 Å². The van der Waals surface area contributed by atoms with E-state index in [1.165, 1.54) is 186 Å². The predicted octanol–water partition coefficient (Wildman–Crippen LogP) is 13.8. The highest BCUT2D eigenvalue weighted by Gasteiger charge is 2.10. The van der Waals surface area contributed by atoms with Gasteiger partial charge in [-0.15, -0.1) is 0 Å². The second-order valence-corrected chi connectivity index (χ2v) is 13.1. The van der Waals surface area contributed by atoms with Crippen molar-refractivity contribution in [3.05, 3.63) is 24.3 Å². The molecular weight excluding hydrogens is 482 g/mol. The van der Waals surface area contributed by atoms with Crippen molar-refractivity contribution in [2.45, 2.75) is 213 Å². The van der Waals surface area contributed by atoms with Crippen molar-refractivity contribution in [1.29, 1.82) is 0 Å². The van der Waals surface area contributed by atoms with E-state index in [2.05, 4.69) is 57.1 Å². The van der Waals surface area contributed by atoms with Crippen LogP contribution in [0.5, 0.6) is 0 Å². The molecule has 0 saturated heterocycles. The van der Waals surface area contributed by atoms with Crippen molar-refractivity contribution in [1.82, 2.24) is 4.90 Å². The van der Waals surface area contributed by atoms with E-state index in [0.29, 0.717) is 0 Å². The summed E-state index contributed by atoms with van der Waals surface area (Å²) in [5.74, 6) is 0. The van der Waals surface area contributed by atoms with E-state index in [1.807, 2.05) is 0 Å². The van der Waals surface area contributed by atoms with Gasteiger partial charge in [0.1, 0.15) is 0 Å². The first-order valence-electron chi connectivity index (χ1n) is 18.7. The second-order valence-electron chi connectivity index (χ2n) is 13.1. The zero-order chi connectivity index (χ0) is 29.2. The van der Waals surface area contributed by atoms with E-state index in [0.717, 1.165) is 12.5 Å². The highest BCUT2D eigenvalue weighted by atomic mass is 15.1. The zero-order valence-electron chi connectivity index (χ0n) is 28.5.